The van der Waals surface area contributed by atoms with E-state index in [2.05, 4.69) is 19.2 Å². The van der Waals surface area contributed by atoms with E-state index >= 15 is 0 Å². The van der Waals surface area contributed by atoms with Crippen LogP contribution >= 0.6 is 0 Å². The summed E-state index contributed by atoms with van der Waals surface area (Å²) in [5.41, 5.74) is 0.136. The predicted octanol–water partition coefficient (Wildman–Crippen LogP) is 2.22. The van der Waals surface area contributed by atoms with Gasteiger partial charge in [-0.2, -0.15) is 0 Å². The summed E-state index contributed by atoms with van der Waals surface area (Å²) in [4.78, 5) is 10.4. The normalized spacial score (nSPS) is 28.0. The molecule has 1 saturated carbocycles. The summed E-state index contributed by atoms with van der Waals surface area (Å²) >= 11 is 0. The van der Waals surface area contributed by atoms with Crippen molar-refractivity contribution in [3.8, 4) is 0 Å². The van der Waals surface area contributed by atoms with Gasteiger partial charge >= 0.3 is 6.09 Å². The molecular formula is C9H17NO2. The number of carbonyl (C=O) groups is 1. The second-order valence-electron chi connectivity index (χ2n) is 4.24. The first kappa shape index (κ1) is 9.36. The Morgan fingerprint density at radius 1 is 1.50 bits per heavy atom. The van der Waals surface area contributed by atoms with Gasteiger partial charge in [0.2, 0.25) is 0 Å². The van der Waals surface area contributed by atoms with E-state index in [9.17, 15) is 4.79 Å². The molecule has 1 aliphatic carbocycles. The van der Waals surface area contributed by atoms with Gasteiger partial charge in [0, 0.05) is 6.04 Å². The lowest BCUT2D eigenvalue weighted by Crippen LogP contribution is -2.46. The van der Waals surface area contributed by atoms with Gasteiger partial charge in [-0.1, -0.05) is 26.7 Å². The highest BCUT2D eigenvalue weighted by Crippen LogP contribution is 2.35. The Kier molecular flexibility index (Phi) is 2.60. The topological polar surface area (TPSA) is 49.3 Å². The van der Waals surface area contributed by atoms with Gasteiger partial charge in [0.15, 0.2) is 0 Å². The highest BCUT2D eigenvalue weighted by Gasteiger charge is 2.32. The van der Waals surface area contributed by atoms with Crippen LogP contribution in [0.2, 0.25) is 0 Å². The fourth-order valence-electron chi connectivity index (χ4n) is 1.91. The summed E-state index contributed by atoms with van der Waals surface area (Å²) < 4.78 is 0. The fraction of sp³-hybridized carbons (Fsp3) is 0.889. The van der Waals surface area contributed by atoms with Crippen molar-refractivity contribution in [2.45, 2.75) is 45.6 Å². The molecule has 1 amide bonds. The Morgan fingerprint density at radius 3 is 2.67 bits per heavy atom. The molecule has 0 aliphatic heterocycles. The molecule has 1 unspecified atom stereocenters. The predicted molar refractivity (Wildman–Crippen MR) is 47.2 cm³/mol. The standard InChI is InChI=1S/C9H17NO2/c1-9(2)6-4-3-5-7(9)10-8(11)12/h7,10H,3-6H2,1-2H3,(H,11,12). The minimum absolute atomic E-state index is 0.136. The van der Waals surface area contributed by atoms with Crippen LogP contribution in [0.4, 0.5) is 4.79 Å². The molecule has 3 heteroatoms. The van der Waals surface area contributed by atoms with Crippen LogP contribution in [0.5, 0.6) is 0 Å². The van der Waals surface area contributed by atoms with Crippen LogP contribution in [0.15, 0.2) is 0 Å². The first-order chi connectivity index (χ1) is 5.52. The van der Waals surface area contributed by atoms with Crippen LogP contribution in [0.1, 0.15) is 39.5 Å². The van der Waals surface area contributed by atoms with E-state index in [1.54, 1.807) is 0 Å². The molecule has 70 valence electrons. The minimum atomic E-state index is -0.894. The molecule has 0 heterocycles. The number of carboxylic acid groups (broad SMARTS) is 1. The average Bonchev–Trinajstić information content (AvgIpc) is 1.92. The summed E-state index contributed by atoms with van der Waals surface area (Å²) in [6.45, 7) is 4.26. The lowest BCUT2D eigenvalue weighted by Gasteiger charge is -2.38. The maximum atomic E-state index is 10.4. The van der Waals surface area contributed by atoms with Crippen LogP contribution in [0.25, 0.3) is 0 Å². The van der Waals surface area contributed by atoms with Gasteiger partial charge in [-0.3, -0.25) is 0 Å². The van der Waals surface area contributed by atoms with E-state index in [0.717, 1.165) is 19.3 Å². The van der Waals surface area contributed by atoms with Crippen LogP contribution in [-0.2, 0) is 0 Å². The van der Waals surface area contributed by atoms with E-state index in [1.807, 2.05) is 0 Å². The van der Waals surface area contributed by atoms with Crippen molar-refractivity contribution in [1.29, 1.82) is 0 Å². The Labute approximate surface area is 73.2 Å². The molecule has 1 rings (SSSR count). The molecule has 1 atom stereocenters. The van der Waals surface area contributed by atoms with Gasteiger partial charge in [-0.25, -0.2) is 4.79 Å². The molecule has 0 radical (unpaired) electrons. The molecule has 3 nitrogen and oxygen atoms in total. The molecule has 12 heavy (non-hydrogen) atoms. The smallest absolute Gasteiger partial charge is 0.404 e. The molecule has 0 saturated heterocycles. The first-order valence-electron chi connectivity index (χ1n) is 4.52. The maximum absolute atomic E-state index is 10.4. The van der Waals surface area contributed by atoms with Gasteiger partial charge in [0.25, 0.3) is 0 Å². The van der Waals surface area contributed by atoms with E-state index in [1.165, 1.54) is 6.42 Å². The zero-order chi connectivity index (χ0) is 9.19. The third-order valence-electron chi connectivity index (χ3n) is 2.80. The van der Waals surface area contributed by atoms with Crippen LogP contribution in [-0.4, -0.2) is 17.2 Å². The fourth-order valence-corrected chi connectivity index (χ4v) is 1.91. The van der Waals surface area contributed by atoms with Crippen molar-refractivity contribution in [3.63, 3.8) is 0 Å². The summed E-state index contributed by atoms with van der Waals surface area (Å²) in [5, 5.41) is 11.2. The summed E-state index contributed by atoms with van der Waals surface area (Å²) in [6.07, 6.45) is 3.59. The summed E-state index contributed by atoms with van der Waals surface area (Å²) in [7, 11) is 0. The number of rotatable bonds is 1. The van der Waals surface area contributed by atoms with Crippen molar-refractivity contribution in [1.82, 2.24) is 5.32 Å². The monoisotopic (exact) mass is 171 g/mol. The molecule has 0 aromatic rings. The largest absolute Gasteiger partial charge is 0.465 e. The second-order valence-corrected chi connectivity index (χ2v) is 4.24. The number of amides is 1. The molecular weight excluding hydrogens is 154 g/mol. The number of nitrogens with one attached hydrogen (secondary N) is 1. The Morgan fingerprint density at radius 2 is 2.17 bits per heavy atom. The molecule has 0 aromatic heterocycles. The maximum Gasteiger partial charge on any atom is 0.404 e. The van der Waals surface area contributed by atoms with Crippen LogP contribution in [0.3, 0.4) is 0 Å². The number of hydrogen-bond acceptors (Lipinski definition) is 1. The van der Waals surface area contributed by atoms with Crippen molar-refractivity contribution < 1.29 is 9.90 Å². The van der Waals surface area contributed by atoms with Gasteiger partial charge in [0.05, 0.1) is 0 Å². The van der Waals surface area contributed by atoms with E-state index in [-0.39, 0.29) is 11.5 Å². The lowest BCUT2D eigenvalue weighted by molar-refractivity contribution is 0.143. The Bertz CT molecular complexity index is 177. The van der Waals surface area contributed by atoms with Gasteiger partial charge < -0.3 is 10.4 Å². The zero-order valence-electron chi connectivity index (χ0n) is 7.76. The Balaban J connectivity index is 2.54. The van der Waals surface area contributed by atoms with Crippen molar-refractivity contribution >= 4 is 6.09 Å². The molecule has 0 bridgehead atoms. The third-order valence-corrected chi connectivity index (χ3v) is 2.80. The van der Waals surface area contributed by atoms with Crippen molar-refractivity contribution in [3.05, 3.63) is 0 Å². The molecule has 1 fully saturated rings. The van der Waals surface area contributed by atoms with Gasteiger partial charge in [0.1, 0.15) is 0 Å². The van der Waals surface area contributed by atoms with E-state index < -0.39 is 6.09 Å². The zero-order valence-corrected chi connectivity index (χ0v) is 7.76. The van der Waals surface area contributed by atoms with E-state index in [0.29, 0.717) is 0 Å². The quantitative estimate of drug-likeness (QED) is 0.635. The summed E-state index contributed by atoms with van der Waals surface area (Å²) in [6, 6.07) is 0.142. The van der Waals surface area contributed by atoms with E-state index in [4.69, 9.17) is 5.11 Å². The highest BCUT2D eigenvalue weighted by atomic mass is 16.4. The third kappa shape index (κ3) is 2.13. The molecule has 0 aromatic carbocycles. The first-order valence-corrected chi connectivity index (χ1v) is 4.52. The van der Waals surface area contributed by atoms with Crippen LogP contribution in [0, 0.1) is 5.41 Å². The highest BCUT2D eigenvalue weighted by molar-refractivity contribution is 5.65. The second kappa shape index (κ2) is 3.33. The SMILES string of the molecule is CC1(C)CCCCC1NC(=O)O. The van der Waals surface area contributed by atoms with Gasteiger partial charge in [-0.05, 0) is 18.3 Å². The molecule has 2 N–H and O–H groups in total. The molecule has 1 aliphatic rings. The number of hydrogen-bond donors (Lipinski definition) is 2. The molecule has 0 spiro atoms. The lowest BCUT2D eigenvalue weighted by atomic mass is 9.73. The van der Waals surface area contributed by atoms with Crippen LogP contribution < -0.4 is 5.32 Å². The summed E-state index contributed by atoms with van der Waals surface area (Å²) in [5.74, 6) is 0. The minimum Gasteiger partial charge on any atom is -0.465 e. The van der Waals surface area contributed by atoms with Gasteiger partial charge in [-0.15, -0.1) is 0 Å². The van der Waals surface area contributed by atoms with Crippen molar-refractivity contribution in [2.24, 2.45) is 5.41 Å². The average molecular weight is 171 g/mol. The Hall–Kier alpha value is -0.730. The van der Waals surface area contributed by atoms with Crippen molar-refractivity contribution in [2.75, 3.05) is 0 Å².